The first-order valence-electron chi connectivity index (χ1n) is 7.63. The van der Waals surface area contributed by atoms with Gasteiger partial charge in [0.25, 0.3) is 0 Å². The molecule has 0 atom stereocenters. The Bertz CT molecular complexity index is 810. The molecule has 2 aromatic rings. The van der Waals surface area contributed by atoms with Crippen molar-refractivity contribution in [1.29, 1.82) is 0 Å². The van der Waals surface area contributed by atoms with Gasteiger partial charge in [0, 0.05) is 31.0 Å². The summed E-state index contributed by atoms with van der Waals surface area (Å²) >= 11 is 0. The van der Waals surface area contributed by atoms with Gasteiger partial charge in [-0.1, -0.05) is 24.3 Å². The second-order valence-electron chi connectivity index (χ2n) is 5.48. The lowest BCUT2D eigenvalue weighted by molar-refractivity contribution is -0.121. The van der Waals surface area contributed by atoms with Crippen molar-refractivity contribution >= 4 is 15.9 Å². The Morgan fingerprint density at radius 3 is 2.64 bits per heavy atom. The van der Waals surface area contributed by atoms with Gasteiger partial charge in [-0.25, -0.2) is 8.42 Å². The first-order chi connectivity index (χ1) is 11.9. The Morgan fingerprint density at radius 1 is 1.24 bits per heavy atom. The molecule has 0 fully saturated rings. The summed E-state index contributed by atoms with van der Waals surface area (Å²) in [6, 6.07) is 10.8. The maximum absolute atomic E-state index is 12.2. The molecule has 0 saturated carbocycles. The molecule has 7 nitrogen and oxygen atoms in total. The number of rotatable bonds is 8. The van der Waals surface area contributed by atoms with Crippen molar-refractivity contribution in [1.82, 2.24) is 14.6 Å². The number of carbonyl (C=O) groups is 1. The number of hydrogen-bond acceptors (Lipinski definition) is 5. The van der Waals surface area contributed by atoms with Crippen LogP contribution in [0, 0.1) is 0 Å². The van der Waals surface area contributed by atoms with Crippen molar-refractivity contribution in [3.05, 3.63) is 59.9 Å². The minimum Gasteiger partial charge on any atom is -0.496 e. The van der Waals surface area contributed by atoms with Crippen LogP contribution in [0.5, 0.6) is 5.75 Å². The molecule has 2 rings (SSSR count). The molecular formula is C17H21N3O4S. The molecule has 1 aromatic carbocycles. The average molecular weight is 363 g/mol. The minimum absolute atomic E-state index is 0.0920. The Hall–Kier alpha value is -2.45. The van der Waals surface area contributed by atoms with E-state index in [0.29, 0.717) is 11.3 Å². The van der Waals surface area contributed by atoms with E-state index in [1.807, 2.05) is 18.2 Å². The summed E-state index contributed by atoms with van der Waals surface area (Å²) in [5.41, 5.74) is 1.53. The molecule has 0 bridgehead atoms. The number of amides is 1. The number of aromatic nitrogens is 1. The lowest BCUT2D eigenvalue weighted by Gasteiger charge is -2.19. The zero-order valence-electron chi connectivity index (χ0n) is 14.2. The van der Waals surface area contributed by atoms with Gasteiger partial charge in [0.2, 0.25) is 15.9 Å². The molecule has 134 valence electrons. The lowest BCUT2D eigenvalue weighted by Crippen LogP contribution is -2.39. The molecule has 1 heterocycles. The average Bonchev–Trinajstić information content (AvgIpc) is 2.59. The van der Waals surface area contributed by atoms with E-state index >= 15 is 0 Å². The number of para-hydroxylation sites is 1. The van der Waals surface area contributed by atoms with Gasteiger partial charge in [-0.3, -0.25) is 9.78 Å². The molecule has 1 aromatic heterocycles. The molecule has 0 saturated heterocycles. The van der Waals surface area contributed by atoms with Gasteiger partial charge >= 0.3 is 0 Å². The highest BCUT2D eigenvalue weighted by Crippen LogP contribution is 2.16. The monoisotopic (exact) mass is 363 g/mol. The molecule has 0 unspecified atom stereocenters. The van der Waals surface area contributed by atoms with Gasteiger partial charge in [-0.2, -0.15) is 4.31 Å². The van der Waals surface area contributed by atoms with Crippen LogP contribution in [0.4, 0.5) is 0 Å². The van der Waals surface area contributed by atoms with Crippen molar-refractivity contribution in [2.45, 2.75) is 13.1 Å². The summed E-state index contributed by atoms with van der Waals surface area (Å²) in [4.78, 5) is 16.1. The van der Waals surface area contributed by atoms with Crippen LogP contribution < -0.4 is 10.1 Å². The van der Waals surface area contributed by atoms with Crippen LogP contribution in [0.1, 0.15) is 11.1 Å². The maximum atomic E-state index is 12.2. The fraction of sp³-hybridized carbons (Fsp3) is 0.294. The standard InChI is InChI=1S/C17H21N3O4S/c1-24-16-8-4-3-7-15(16)11-19-17(21)13-20(25(2,22)23)12-14-6-5-9-18-10-14/h3-10H,11-13H2,1-2H3,(H,19,21). The van der Waals surface area contributed by atoms with E-state index in [1.165, 1.54) is 0 Å². The maximum Gasteiger partial charge on any atom is 0.235 e. The topological polar surface area (TPSA) is 88.6 Å². The van der Waals surface area contributed by atoms with Crippen LogP contribution >= 0.6 is 0 Å². The smallest absolute Gasteiger partial charge is 0.235 e. The first-order valence-corrected chi connectivity index (χ1v) is 9.47. The number of carbonyl (C=O) groups excluding carboxylic acids is 1. The highest BCUT2D eigenvalue weighted by molar-refractivity contribution is 7.88. The number of sulfonamides is 1. The van der Waals surface area contributed by atoms with Crippen LogP contribution in [0.2, 0.25) is 0 Å². The van der Waals surface area contributed by atoms with E-state index < -0.39 is 10.0 Å². The Kier molecular flexibility index (Phi) is 6.49. The third kappa shape index (κ3) is 5.84. The van der Waals surface area contributed by atoms with E-state index in [2.05, 4.69) is 10.3 Å². The number of benzene rings is 1. The molecule has 0 aliphatic heterocycles. The van der Waals surface area contributed by atoms with Crippen molar-refractivity contribution in [2.75, 3.05) is 19.9 Å². The lowest BCUT2D eigenvalue weighted by atomic mass is 10.2. The normalized spacial score (nSPS) is 11.3. The minimum atomic E-state index is -3.53. The third-order valence-electron chi connectivity index (χ3n) is 3.54. The predicted molar refractivity (Wildman–Crippen MR) is 94.3 cm³/mol. The van der Waals surface area contributed by atoms with Crippen LogP contribution in [0.3, 0.4) is 0 Å². The Balaban J connectivity index is 2.00. The van der Waals surface area contributed by atoms with Crippen molar-refractivity contribution in [2.24, 2.45) is 0 Å². The van der Waals surface area contributed by atoms with E-state index in [4.69, 9.17) is 4.74 Å². The van der Waals surface area contributed by atoms with Crippen molar-refractivity contribution in [3.8, 4) is 5.75 Å². The zero-order valence-corrected chi connectivity index (χ0v) is 15.0. The summed E-state index contributed by atoms with van der Waals surface area (Å²) in [6.45, 7) is 0.0883. The van der Waals surface area contributed by atoms with E-state index in [9.17, 15) is 13.2 Å². The summed E-state index contributed by atoms with van der Waals surface area (Å²) in [7, 11) is -1.98. The Labute approximate surface area is 147 Å². The fourth-order valence-corrected chi connectivity index (χ4v) is 2.98. The predicted octanol–water partition coefficient (Wildman–Crippen LogP) is 1.17. The van der Waals surface area contributed by atoms with Crippen molar-refractivity contribution < 1.29 is 17.9 Å². The molecule has 1 N–H and O–H groups in total. The summed E-state index contributed by atoms with van der Waals surface area (Å²) < 4.78 is 30.2. The van der Waals surface area contributed by atoms with Crippen molar-refractivity contribution in [3.63, 3.8) is 0 Å². The van der Waals surface area contributed by atoms with Crippen LogP contribution in [-0.4, -0.2) is 43.5 Å². The van der Waals surface area contributed by atoms with Gasteiger partial charge < -0.3 is 10.1 Å². The molecule has 8 heteroatoms. The zero-order chi connectivity index (χ0) is 18.3. The SMILES string of the molecule is COc1ccccc1CNC(=O)CN(Cc1cccnc1)S(C)(=O)=O. The largest absolute Gasteiger partial charge is 0.496 e. The highest BCUT2D eigenvalue weighted by Gasteiger charge is 2.20. The summed E-state index contributed by atoms with van der Waals surface area (Å²) in [6.07, 6.45) is 4.26. The molecule has 0 spiro atoms. The van der Waals surface area contributed by atoms with Crippen LogP contribution in [-0.2, 0) is 27.9 Å². The van der Waals surface area contributed by atoms with Gasteiger partial charge in [0.1, 0.15) is 5.75 Å². The van der Waals surface area contributed by atoms with E-state index in [1.54, 1.807) is 37.7 Å². The molecular weight excluding hydrogens is 342 g/mol. The fourth-order valence-electron chi connectivity index (χ4n) is 2.24. The third-order valence-corrected chi connectivity index (χ3v) is 4.74. The van der Waals surface area contributed by atoms with Gasteiger partial charge in [0.15, 0.2) is 0 Å². The number of nitrogens with one attached hydrogen (secondary N) is 1. The molecule has 0 aliphatic carbocycles. The molecule has 0 radical (unpaired) electrons. The summed E-state index contributed by atoms with van der Waals surface area (Å²) in [5, 5.41) is 2.72. The van der Waals surface area contributed by atoms with Gasteiger partial charge in [-0.05, 0) is 17.7 Å². The molecule has 25 heavy (non-hydrogen) atoms. The second kappa shape index (κ2) is 8.59. The number of hydrogen-bond donors (Lipinski definition) is 1. The number of methoxy groups -OCH3 is 1. The number of nitrogens with zero attached hydrogens (tertiary/aromatic N) is 2. The van der Waals surface area contributed by atoms with Gasteiger partial charge in [0.05, 0.1) is 19.9 Å². The molecule has 1 amide bonds. The van der Waals surface area contributed by atoms with E-state index in [0.717, 1.165) is 16.1 Å². The van der Waals surface area contributed by atoms with Crippen LogP contribution in [0.15, 0.2) is 48.8 Å². The quantitative estimate of drug-likeness (QED) is 0.760. The number of pyridine rings is 1. The van der Waals surface area contributed by atoms with E-state index in [-0.39, 0.29) is 25.5 Å². The van der Waals surface area contributed by atoms with Gasteiger partial charge in [-0.15, -0.1) is 0 Å². The number of ether oxygens (including phenoxy) is 1. The highest BCUT2D eigenvalue weighted by atomic mass is 32.2. The molecule has 0 aliphatic rings. The van der Waals surface area contributed by atoms with Crippen LogP contribution in [0.25, 0.3) is 0 Å². The Morgan fingerprint density at radius 2 is 2.00 bits per heavy atom. The second-order valence-corrected chi connectivity index (χ2v) is 7.46. The summed E-state index contributed by atoms with van der Waals surface area (Å²) in [5.74, 6) is 0.276. The first kappa shape index (κ1) is 18.9.